The van der Waals surface area contributed by atoms with Crippen LogP contribution in [0.5, 0.6) is 0 Å². The van der Waals surface area contributed by atoms with Crippen LogP contribution in [-0.2, 0) is 5.75 Å². The van der Waals surface area contributed by atoms with E-state index in [1.54, 1.807) is 25.9 Å². The molecule has 2 aromatic carbocycles. The first-order valence-electron chi connectivity index (χ1n) is 6.40. The van der Waals surface area contributed by atoms with E-state index in [4.69, 9.17) is 0 Å². The summed E-state index contributed by atoms with van der Waals surface area (Å²) in [6, 6.07) is 18.2. The predicted molar refractivity (Wildman–Crippen MR) is 85.2 cm³/mol. The summed E-state index contributed by atoms with van der Waals surface area (Å²) in [6.07, 6.45) is 0. The molecular weight excluding hydrogens is 268 g/mol. The fourth-order valence-corrected chi connectivity index (χ4v) is 2.46. The van der Waals surface area contributed by atoms with Crippen LogP contribution in [0, 0.1) is 0 Å². The van der Waals surface area contributed by atoms with Crippen molar-refractivity contribution in [3.05, 3.63) is 60.2 Å². The summed E-state index contributed by atoms with van der Waals surface area (Å²) < 4.78 is 0. The van der Waals surface area contributed by atoms with Crippen LogP contribution in [-0.4, -0.2) is 25.0 Å². The van der Waals surface area contributed by atoms with E-state index in [0.29, 0.717) is 0 Å². The average molecular weight is 286 g/mol. The number of nitrogens with zero attached hydrogens (tertiary/aromatic N) is 1. The number of nitrogens with one attached hydrogen (secondary N) is 1. The van der Waals surface area contributed by atoms with E-state index in [2.05, 4.69) is 29.6 Å². The Morgan fingerprint density at radius 2 is 1.70 bits per heavy atom. The molecule has 0 radical (unpaired) electrons. The number of urea groups is 1. The molecule has 20 heavy (non-hydrogen) atoms. The highest BCUT2D eigenvalue weighted by Gasteiger charge is 2.03. The molecule has 0 aliphatic rings. The lowest BCUT2D eigenvalue weighted by molar-refractivity contribution is 0.230. The van der Waals surface area contributed by atoms with Gasteiger partial charge in [-0.05, 0) is 29.8 Å². The highest BCUT2D eigenvalue weighted by molar-refractivity contribution is 7.98. The summed E-state index contributed by atoms with van der Waals surface area (Å²) in [5.41, 5.74) is 2.12. The second kappa shape index (κ2) is 7.01. The maximum Gasteiger partial charge on any atom is 0.321 e. The average Bonchev–Trinajstić information content (AvgIpc) is 2.47. The molecular formula is C16H18N2OS. The molecule has 0 atom stereocenters. The number of anilines is 1. The standard InChI is InChI=1S/C16H18N2OS/c1-18(2)16(19)17-14-8-10-15(11-9-14)20-12-13-6-4-3-5-7-13/h3-11H,12H2,1-2H3,(H,17,19). The van der Waals surface area contributed by atoms with Gasteiger partial charge in [0.25, 0.3) is 0 Å². The molecule has 0 unspecified atom stereocenters. The lowest BCUT2D eigenvalue weighted by Crippen LogP contribution is -2.27. The number of rotatable bonds is 4. The number of benzene rings is 2. The summed E-state index contributed by atoms with van der Waals surface area (Å²) in [4.78, 5) is 14.2. The van der Waals surface area contributed by atoms with Gasteiger partial charge in [-0.15, -0.1) is 11.8 Å². The summed E-state index contributed by atoms with van der Waals surface area (Å²) in [6.45, 7) is 0. The van der Waals surface area contributed by atoms with Crippen LogP contribution in [0.1, 0.15) is 5.56 Å². The molecule has 0 spiro atoms. The Morgan fingerprint density at radius 3 is 2.30 bits per heavy atom. The number of hydrogen-bond donors (Lipinski definition) is 1. The lowest BCUT2D eigenvalue weighted by Gasteiger charge is -2.12. The van der Waals surface area contributed by atoms with Crippen molar-refractivity contribution < 1.29 is 4.79 Å². The number of amides is 2. The molecule has 4 heteroatoms. The minimum absolute atomic E-state index is 0.116. The van der Waals surface area contributed by atoms with Crippen molar-refractivity contribution in [2.24, 2.45) is 0 Å². The number of carbonyl (C=O) groups is 1. The molecule has 0 fully saturated rings. The highest BCUT2D eigenvalue weighted by Crippen LogP contribution is 2.24. The summed E-state index contributed by atoms with van der Waals surface area (Å²) in [5, 5.41) is 2.82. The van der Waals surface area contributed by atoms with Crippen molar-refractivity contribution in [3.8, 4) is 0 Å². The van der Waals surface area contributed by atoms with Crippen LogP contribution < -0.4 is 5.32 Å². The molecule has 104 valence electrons. The van der Waals surface area contributed by atoms with Crippen molar-refractivity contribution in [1.82, 2.24) is 4.90 Å². The second-order valence-corrected chi connectivity index (χ2v) is 5.67. The van der Waals surface area contributed by atoms with E-state index in [1.807, 2.05) is 30.3 Å². The molecule has 0 bridgehead atoms. The number of carbonyl (C=O) groups excluding carboxylic acids is 1. The van der Waals surface area contributed by atoms with Gasteiger partial charge in [0, 0.05) is 30.4 Å². The van der Waals surface area contributed by atoms with E-state index in [0.717, 1.165) is 11.4 Å². The molecule has 0 saturated heterocycles. The summed E-state index contributed by atoms with van der Waals surface area (Å²) in [5.74, 6) is 0.949. The molecule has 0 aliphatic carbocycles. The number of hydrogen-bond acceptors (Lipinski definition) is 2. The first-order chi connectivity index (χ1) is 9.65. The fourth-order valence-electron chi connectivity index (χ4n) is 1.61. The van der Waals surface area contributed by atoms with E-state index in [9.17, 15) is 4.79 Å². The molecule has 3 nitrogen and oxygen atoms in total. The van der Waals surface area contributed by atoms with Crippen molar-refractivity contribution in [2.45, 2.75) is 10.6 Å². The minimum Gasteiger partial charge on any atom is -0.331 e. The van der Waals surface area contributed by atoms with Gasteiger partial charge in [0.15, 0.2) is 0 Å². The Labute approximate surface area is 124 Å². The van der Waals surface area contributed by atoms with Gasteiger partial charge in [0.1, 0.15) is 0 Å². The zero-order valence-electron chi connectivity index (χ0n) is 11.7. The van der Waals surface area contributed by atoms with Crippen LogP contribution in [0.25, 0.3) is 0 Å². The Bertz CT molecular complexity index is 552. The Balaban J connectivity index is 1.90. The Kier molecular flexibility index (Phi) is 5.07. The Hall–Kier alpha value is -1.94. The van der Waals surface area contributed by atoms with Crippen molar-refractivity contribution in [2.75, 3.05) is 19.4 Å². The normalized spacial score (nSPS) is 10.1. The van der Waals surface area contributed by atoms with Gasteiger partial charge in [0.05, 0.1) is 0 Å². The van der Waals surface area contributed by atoms with E-state index in [-0.39, 0.29) is 6.03 Å². The topological polar surface area (TPSA) is 32.3 Å². The molecule has 0 saturated carbocycles. The fraction of sp³-hybridized carbons (Fsp3) is 0.188. The van der Waals surface area contributed by atoms with Gasteiger partial charge in [-0.25, -0.2) is 4.79 Å². The monoisotopic (exact) mass is 286 g/mol. The van der Waals surface area contributed by atoms with Crippen LogP contribution >= 0.6 is 11.8 Å². The smallest absolute Gasteiger partial charge is 0.321 e. The van der Waals surface area contributed by atoms with Gasteiger partial charge < -0.3 is 10.2 Å². The molecule has 0 aliphatic heterocycles. The third-order valence-corrected chi connectivity index (χ3v) is 3.84. The number of thioether (sulfide) groups is 1. The van der Waals surface area contributed by atoms with Crippen LogP contribution in [0.3, 0.4) is 0 Å². The van der Waals surface area contributed by atoms with Gasteiger partial charge in [-0.2, -0.15) is 0 Å². The Morgan fingerprint density at radius 1 is 1.05 bits per heavy atom. The molecule has 1 N–H and O–H groups in total. The zero-order chi connectivity index (χ0) is 14.4. The highest BCUT2D eigenvalue weighted by atomic mass is 32.2. The maximum atomic E-state index is 11.5. The quantitative estimate of drug-likeness (QED) is 0.859. The molecule has 0 aromatic heterocycles. The second-order valence-electron chi connectivity index (χ2n) is 4.62. The molecule has 2 amide bonds. The predicted octanol–water partition coefficient (Wildman–Crippen LogP) is 4.07. The van der Waals surface area contributed by atoms with Crippen LogP contribution in [0.15, 0.2) is 59.5 Å². The lowest BCUT2D eigenvalue weighted by atomic mass is 10.2. The third kappa shape index (κ3) is 4.31. The van der Waals surface area contributed by atoms with E-state index in [1.165, 1.54) is 15.4 Å². The maximum absolute atomic E-state index is 11.5. The SMILES string of the molecule is CN(C)C(=O)Nc1ccc(SCc2ccccc2)cc1. The van der Waals surface area contributed by atoms with Crippen LogP contribution in [0.2, 0.25) is 0 Å². The van der Waals surface area contributed by atoms with Crippen molar-refractivity contribution in [3.63, 3.8) is 0 Å². The van der Waals surface area contributed by atoms with E-state index >= 15 is 0 Å². The molecule has 0 heterocycles. The summed E-state index contributed by atoms with van der Waals surface area (Å²) >= 11 is 1.78. The first kappa shape index (κ1) is 14.5. The van der Waals surface area contributed by atoms with E-state index < -0.39 is 0 Å². The summed E-state index contributed by atoms with van der Waals surface area (Å²) in [7, 11) is 3.44. The van der Waals surface area contributed by atoms with Gasteiger partial charge in [0.2, 0.25) is 0 Å². The van der Waals surface area contributed by atoms with Crippen LogP contribution in [0.4, 0.5) is 10.5 Å². The third-order valence-electron chi connectivity index (χ3n) is 2.76. The van der Waals surface area contributed by atoms with Crippen molar-refractivity contribution in [1.29, 1.82) is 0 Å². The zero-order valence-corrected chi connectivity index (χ0v) is 12.5. The van der Waals surface area contributed by atoms with Gasteiger partial charge in [-0.3, -0.25) is 0 Å². The molecule has 2 rings (SSSR count). The largest absolute Gasteiger partial charge is 0.331 e. The van der Waals surface area contributed by atoms with Gasteiger partial charge >= 0.3 is 6.03 Å². The minimum atomic E-state index is -0.116. The van der Waals surface area contributed by atoms with Crippen molar-refractivity contribution >= 4 is 23.5 Å². The first-order valence-corrected chi connectivity index (χ1v) is 7.39. The molecule has 2 aromatic rings. The van der Waals surface area contributed by atoms with Gasteiger partial charge in [-0.1, -0.05) is 30.3 Å².